The van der Waals surface area contributed by atoms with Crippen molar-refractivity contribution in [2.24, 2.45) is 0 Å². The summed E-state index contributed by atoms with van der Waals surface area (Å²) in [6, 6.07) is 84.9. The summed E-state index contributed by atoms with van der Waals surface area (Å²) in [6.45, 7) is 3.97. The summed E-state index contributed by atoms with van der Waals surface area (Å²) in [5.41, 5.74) is 17.7. The van der Waals surface area contributed by atoms with Crippen molar-refractivity contribution in [3.05, 3.63) is 326 Å². The average Bonchev–Trinajstić information content (AvgIpc) is 3.69. The molecule has 2 aliphatic rings. The number of benzene rings is 10. The van der Waals surface area contributed by atoms with Crippen molar-refractivity contribution in [1.82, 2.24) is 0 Å². The van der Waals surface area contributed by atoms with Gasteiger partial charge in [0.15, 0.2) is 0 Å². The van der Waals surface area contributed by atoms with Gasteiger partial charge in [-0.2, -0.15) is 0 Å². The molecule has 10 aromatic carbocycles. The van der Waals surface area contributed by atoms with Gasteiger partial charge in [-0.05, 0) is 113 Å². The Hall–Kier alpha value is -9.47. The zero-order chi connectivity index (χ0) is 54.1. The maximum atomic E-state index is 14.2. The molecule has 12 rings (SSSR count). The van der Waals surface area contributed by atoms with Crippen molar-refractivity contribution < 1.29 is 31.3 Å². The first kappa shape index (κ1) is 55.8. The molecule has 0 radical (unpaired) electrons. The van der Waals surface area contributed by atoms with Crippen LogP contribution < -0.4 is 10.2 Å². The van der Waals surface area contributed by atoms with Gasteiger partial charge >= 0.3 is 21.1 Å². The first-order valence-electron chi connectivity index (χ1n) is 25.9. The van der Waals surface area contributed by atoms with Crippen LogP contribution in [0.5, 0.6) is 11.5 Å². The second-order valence-electron chi connectivity index (χ2n) is 18.7. The molecule has 0 aliphatic heterocycles. The Morgan fingerprint density at radius 1 is 0.278 bits per heavy atom. The molecule has 2 aliphatic carbocycles. The van der Waals surface area contributed by atoms with E-state index < -0.39 is 0 Å². The van der Waals surface area contributed by atoms with Crippen molar-refractivity contribution in [2.75, 3.05) is 0 Å². The monoisotopic (exact) mass is 1190 g/mol. The number of hydrogen-bond donors (Lipinski definition) is 0. The molecule has 0 atom stereocenters. The van der Waals surface area contributed by atoms with Gasteiger partial charge in [-0.15, -0.1) is 0 Å². The molecule has 0 unspecified atom stereocenters. The molecule has 0 saturated carbocycles. The van der Waals surface area contributed by atoms with Gasteiger partial charge in [-0.25, -0.2) is 0 Å². The maximum absolute atomic E-state index is 14.2. The summed E-state index contributed by atoms with van der Waals surface area (Å²) in [5, 5.41) is 45.8. The van der Waals surface area contributed by atoms with E-state index in [1.165, 1.54) is 11.1 Å². The molecule has 10 aromatic rings. The molecule has 0 fully saturated rings. The van der Waals surface area contributed by atoms with E-state index >= 15 is 0 Å². The van der Waals surface area contributed by atoms with E-state index in [2.05, 4.69) is 60.7 Å². The van der Waals surface area contributed by atoms with Crippen LogP contribution >= 0.6 is 0 Å². The fourth-order valence-corrected chi connectivity index (χ4v) is 9.35. The standard InChI is InChI=1S/2C30H22O.2C7H7N.W/c2*31-30-28(24-17-9-3-10-18-24)26(22-13-5-1-6-14-22)21-27(23-15-7-2-8-16-23)29(30)25-19-11-4-12-20-25;2*1-6-2-4-7(8)5-3-6;/h2*1-21,31H;2*2-5H,1H3;/q;;;;+2/p-2. The van der Waals surface area contributed by atoms with Crippen LogP contribution in [-0.4, -0.2) is 11.4 Å². The summed E-state index contributed by atoms with van der Waals surface area (Å²) in [5.74, 6) is 0.107. The van der Waals surface area contributed by atoms with E-state index in [-0.39, 0.29) is 32.6 Å². The predicted molar refractivity (Wildman–Crippen MR) is 326 cm³/mol. The number of allylic oxidation sites excluding steroid dienone is 8. The topological polar surface area (TPSA) is 90.7 Å². The van der Waals surface area contributed by atoms with E-state index in [4.69, 9.17) is 10.8 Å². The Balaban J connectivity index is 0.000000161. The molecule has 0 saturated heterocycles. The summed E-state index contributed by atoms with van der Waals surface area (Å²) in [7, 11) is 0. The largest absolute Gasteiger partial charge is 2.00 e. The Bertz CT molecular complexity index is 3290. The minimum atomic E-state index is 0. The van der Waals surface area contributed by atoms with Gasteiger partial charge in [-0.1, -0.05) is 254 Å². The first-order valence-corrected chi connectivity index (χ1v) is 25.9. The average molecular weight is 1190 g/mol. The van der Waals surface area contributed by atoms with Crippen LogP contribution in [0.25, 0.3) is 99.8 Å². The molecule has 0 N–H and O–H groups in total. The number of rotatable bonds is 8. The number of hydrogen-bond acceptors (Lipinski definition) is 2. The molecule has 0 spiro atoms. The van der Waals surface area contributed by atoms with Crippen LogP contribution in [0, 0.1) is 12.8 Å². The fraction of sp³-hybridized carbons (Fsp3) is 0.0270. The molecule has 79 heavy (non-hydrogen) atoms. The quantitative estimate of drug-likeness (QED) is 0.142. The minimum absolute atomic E-state index is 0. The molecule has 380 valence electrons. The van der Waals surface area contributed by atoms with E-state index in [1.807, 2.05) is 232 Å². The zero-order valence-corrected chi connectivity index (χ0v) is 46.9. The van der Waals surface area contributed by atoms with Crippen LogP contribution in [0.1, 0.15) is 13.8 Å². The summed E-state index contributed by atoms with van der Waals surface area (Å²) >= 11 is 0. The fourth-order valence-electron chi connectivity index (χ4n) is 9.35. The van der Waals surface area contributed by atoms with E-state index in [9.17, 15) is 10.2 Å². The molecular formula is C74H56N2O2W. The predicted octanol–water partition coefficient (Wildman–Crippen LogP) is 18.3. The molecule has 0 heterocycles. The smallest absolute Gasteiger partial charge is 0.872 e. The van der Waals surface area contributed by atoms with Crippen molar-refractivity contribution in [3.8, 4) is 101 Å². The Kier molecular flexibility index (Phi) is 19.4. The third-order valence-corrected chi connectivity index (χ3v) is 13.2. The number of nitrogens with zero attached hydrogens (tertiary/aromatic N) is 2. The van der Waals surface area contributed by atoms with E-state index in [0.29, 0.717) is 11.4 Å². The summed E-state index contributed by atoms with van der Waals surface area (Å²) in [4.78, 5) is 0. The van der Waals surface area contributed by atoms with Crippen molar-refractivity contribution in [3.63, 3.8) is 0 Å². The van der Waals surface area contributed by atoms with Crippen molar-refractivity contribution in [1.29, 1.82) is 0 Å². The third-order valence-electron chi connectivity index (χ3n) is 13.2. The molecule has 0 bridgehead atoms. The second kappa shape index (κ2) is 27.5. The Morgan fingerprint density at radius 2 is 0.468 bits per heavy atom. The van der Waals surface area contributed by atoms with Crippen LogP contribution in [-0.2, 0) is 21.1 Å². The van der Waals surface area contributed by atoms with Gasteiger partial charge in [0, 0.05) is 74.3 Å². The van der Waals surface area contributed by atoms with E-state index in [0.717, 1.165) is 89.0 Å². The Labute approximate surface area is 480 Å². The third kappa shape index (κ3) is 14.1. The normalized spacial score (nSPS) is 12.0. The van der Waals surface area contributed by atoms with Crippen molar-refractivity contribution >= 4 is 11.4 Å². The van der Waals surface area contributed by atoms with Gasteiger partial charge < -0.3 is 21.0 Å². The molecule has 5 heteroatoms. The molecular weight excluding hydrogens is 1130 g/mol. The van der Waals surface area contributed by atoms with Gasteiger partial charge in [0.05, 0.1) is 0 Å². The van der Waals surface area contributed by atoms with Gasteiger partial charge in [-0.3, -0.25) is 0 Å². The van der Waals surface area contributed by atoms with E-state index in [1.54, 1.807) is 25.0 Å². The van der Waals surface area contributed by atoms with Crippen LogP contribution in [0.15, 0.2) is 302 Å². The molecule has 4 nitrogen and oxygen atoms in total. The van der Waals surface area contributed by atoms with Gasteiger partial charge in [0.25, 0.3) is 0 Å². The SMILES string of the molecule is CC1=C[CH+]C(=[N-])C=C1.CC1=C[CH+]C(=[N-])C=C1.[O-]c1c(-c2ccccc2)c(-c2ccccc2)cc(-c2ccccc2)c1-c1ccccc1.[O-]c1c(-c2ccccc2)c(-c2ccccc2)cc(-c2ccccc2)c1-c1ccccc1.[W+2]. The first-order chi connectivity index (χ1) is 38.2. The second-order valence-corrected chi connectivity index (χ2v) is 18.7. The Morgan fingerprint density at radius 3 is 0.633 bits per heavy atom. The van der Waals surface area contributed by atoms with Crippen LogP contribution in [0.4, 0.5) is 0 Å². The maximum Gasteiger partial charge on any atom is 2.00 e. The van der Waals surface area contributed by atoms with Crippen LogP contribution in [0.3, 0.4) is 0 Å². The van der Waals surface area contributed by atoms with Gasteiger partial charge in [0.2, 0.25) is 0 Å². The van der Waals surface area contributed by atoms with Gasteiger partial charge in [0.1, 0.15) is 0 Å². The van der Waals surface area contributed by atoms with Crippen LogP contribution in [0.2, 0.25) is 0 Å². The summed E-state index contributed by atoms with van der Waals surface area (Å²) < 4.78 is 0. The summed E-state index contributed by atoms with van der Waals surface area (Å²) in [6.07, 6.45) is 14.2. The zero-order valence-electron chi connectivity index (χ0n) is 44.0. The molecule has 0 amide bonds. The van der Waals surface area contributed by atoms with Crippen molar-refractivity contribution in [2.45, 2.75) is 13.8 Å². The molecule has 0 aromatic heterocycles. The minimum Gasteiger partial charge on any atom is -0.872 e.